The highest BCUT2D eigenvalue weighted by atomic mass is 19.3. The Morgan fingerprint density at radius 1 is 1.04 bits per heavy atom. The van der Waals surface area contributed by atoms with Crippen LogP contribution in [0.15, 0.2) is 12.1 Å². The van der Waals surface area contributed by atoms with Gasteiger partial charge < -0.3 is 9.47 Å². The maximum absolute atomic E-state index is 14.9. The van der Waals surface area contributed by atoms with Crippen LogP contribution >= 0.6 is 0 Å². The molecule has 2 bridgehead atoms. The molecule has 1 atom stereocenters. The predicted octanol–water partition coefficient (Wildman–Crippen LogP) is 5.97. The number of hydrogen-bond donors (Lipinski definition) is 0. The smallest absolute Gasteiger partial charge is 0.287 e. The molecule has 1 aromatic carbocycles. The van der Waals surface area contributed by atoms with E-state index >= 15 is 0 Å². The van der Waals surface area contributed by atoms with Crippen LogP contribution in [0.3, 0.4) is 0 Å². The fraction of sp³-hybridized carbons (Fsp3) is 0.700. The first-order chi connectivity index (χ1) is 12.7. The van der Waals surface area contributed by atoms with E-state index in [-0.39, 0.29) is 50.0 Å². The zero-order chi connectivity index (χ0) is 19.9. The van der Waals surface area contributed by atoms with E-state index in [2.05, 4.69) is 0 Å². The molecule has 27 heavy (non-hydrogen) atoms. The molecule has 3 saturated carbocycles. The van der Waals surface area contributed by atoms with Gasteiger partial charge in [0.1, 0.15) is 5.60 Å². The van der Waals surface area contributed by atoms with Gasteiger partial charge in [-0.15, -0.1) is 0 Å². The maximum Gasteiger partial charge on any atom is 0.287 e. The van der Waals surface area contributed by atoms with Crippen molar-refractivity contribution in [1.29, 1.82) is 0 Å². The van der Waals surface area contributed by atoms with Crippen molar-refractivity contribution in [2.45, 2.75) is 76.7 Å². The molecule has 0 aliphatic heterocycles. The number of rotatable bonds is 7. The minimum atomic E-state index is -3.48. The third-order valence-corrected chi connectivity index (χ3v) is 6.21. The molecule has 0 aromatic heterocycles. The Morgan fingerprint density at radius 2 is 1.70 bits per heavy atom. The van der Waals surface area contributed by atoms with Crippen molar-refractivity contribution >= 4 is 0 Å². The van der Waals surface area contributed by atoms with Gasteiger partial charge in [-0.2, -0.15) is 4.39 Å². The fourth-order valence-corrected chi connectivity index (χ4v) is 4.62. The van der Waals surface area contributed by atoms with Gasteiger partial charge in [-0.25, -0.2) is 17.6 Å². The lowest BCUT2D eigenvalue weighted by Crippen LogP contribution is -2.67. The molecule has 3 aliphatic carbocycles. The Labute approximate surface area is 156 Å². The lowest BCUT2D eigenvalue weighted by Gasteiger charge is -2.58. The Morgan fingerprint density at radius 3 is 2.30 bits per heavy atom. The topological polar surface area (TPSA) is 18.5 Å². The molecule has 2 nitrogen and oxygen atoms in total. The summed E-state index contributed by atoms with van der Waals surface area (Å²) in [5, 5.41) is 0. The summed E-state index contributed by atoms with van der Waals surface area (Å²) >= 11 is 0. The second kappa shape index (κ2) is 7.22. The predicted molar refractivity (Wildman–Crippen MR) is 90.7 cm³/mol. The van der Waals surface area contributed by atoms with Crippen molar-refractivity contribution in [3.63, 3.8) is 0 Å². The third kappa shape index (κ3) is 3.12. The third-order valence-electron chi connectivity index (χ3n) is 6.21. The van der Waals surface area contributed by atoms with E-state index < -0.39 is 41.4 Å². The first-order valence-electron chi connectivity index (χ1n) is 9.48. The SMILES string of the molecule is CCCC12CCC(OCc3ccc(OCC)c(F)c3F)(CC1)C(F)C2(F)F. The standard InChI is InChI=1S/C20H25F5O2/c1-3-7-18-8-10-19(11-9-18,17(23)20(18,24)25)27-12-13-5-6-14(26-4-2)16(22)15(13)21/h5-6,17H,3-4,7-12H2,1-2H3. The van der Waals surface area contributed by atoms with Crippen molar-refractivity contribution in [1.82, 2.24) is 0 Å². The fourth-order valence-electron chi connectivity index (χ4n) is 4.62. The Balaban J connectivity index is 1.78. The van der Waals surface area contributed by atoms with E-state index in [9.17, 15) is 22.0 Å². The number of hydrogen-bond acceptors (Lipinski definition) is 2. The molecule has 0 saturated heterocycles. The van der Waals surface area contributed by atoms with Crippen molar-refractivity contribution in [3.8, 4) is 5.75 Å². The summed E-state index contributed by atoms with van der Waals surface area (Å²) in [7, 11) is 0. The van der Waals surface area contributed by atoms with Gasteiger partial charge in [-0.3, -0.25) is 0 Å². The van der Waals surface area contributed by atoms with Gasteiger partial charge in [-0.1, -0.05) is 13.3 Å². The Bertz CT molecular complexity index is 683. The summed E-state index contributed by atoms with van der Waals surface area (Å²) in [6.45, 7) is 3.16. The highest BCUT2D eigenvalue weighted by Crippen LogP contribution is 2.64. The van der Waals surface area contributed by atoms with E-state index in [4.69, 9.17) is 9.47 Å². The molecule has 3 fully saturated rings. The van der Waals surface area contributed by atoms with Gasteiger partial charge in [0, 0.05) is 11.0 Å². The number of halogens is 5. The molecule has 1 aromatic rings. The highest BCUT2D eigenvalue weighted by molar-refractivity contribution is 5.31. The van der Waals surface area contributed by atoms with Crippen LogP contribution in [-0.2, 0) is 11.3 Å². The van der Waals surface area contributed by atoms with Gasteiger partial charge in [0.25, 0.3) is 5.92 Å². The van der Waals surface area contributed by atoms with Gasteiger partial charge in [0.05, 0.1) is 13.2 Å². The summed E-state index contributed by atoms with van der Waals surface area (Å²) in [4.78, 5) is 0. The van der Waals surface area contributed by atoms with Gasteiger partial charge in [0.15, 0.2) is 17.7 Å². The average Bonchev–Trinajstić information content (AvgIpc) is 2.65. The average molecular weight is 392 g/mol. The highest BCUT2D eigenvalue weighted by Gasteiger charge is 2.71. The van der Waals surface area contributed by atoms with Crippen LogP contribution in [0.2, 0.25) is 0 Å². The molecule has 4 rings (SSSR count). The molecule has 0 N–H and O–H groups in total. The maximum atomic E-state index is 14.9. The van der Waals surface area contributed by atoms with Crippen LogP contribution in [0, 0.1) is 17.0 Å². The van der Waals surface area contributed by atoms with Crippen LogP contribution < -0.4 is 4.74 Å². The molecule has 0 heterocycles. The van der Waals surface area contributed by atoms with E-state index in [1.807, 2.05) is 6.92 Å². The van der Waals surface area contributed by atoms with E-state index in [1.165, 1.54) is 12.1 Å². The summed E-state index contributed by atoms with van der Waals surface area (Å²) < 4.78 is 83.2. The molecule has 152 valence electrons. The van der Waals surface area contributed by atoms with Crippen LogP contribution in [0.25, 0.3) is 0 Å². The molecule has 0 amide bonds. The number of alkyl halides is 3. The molecule has 0 spiro atoms. The lowest BCUT2D eigenvalue weighted by molar-refractivity contribution is -0.305. The number of fused-ring (bicyclic) bond motifs is 3. The minimum Gasteiger partial charge on any atom is -0.491 e. The molecule has 7 heteroatoms. The van der Waals surface area contributed by atoms with Crippen LogP contribution in [-0.4, -0.2) is 24.3 Å². The number of benzene rings is 1. The first-order valence-corrected chi connectivity index (χ1v) is 9.48. The molecule has 1 unspecified atom stereocenters. The largest absolute Gasteiger partial charge is 0.491 e. The summed E-state index contributed by atoms with van der Waals surface area (Å²) in [6.07, 6.45) is -0.949. The molecular formula is C20H25F5O2. The minimum absolute atomic E-state index is 0.142. The summed E-state index contributed by atoms with van der Waals surface area (Å²) in [5.41, 5.74) is -3.11. The van der Waals surface area contributed by atoms with Crippen molar-refractivity contribution in [3.05, 3.63) is 29.3 Å². The summed E-state index contributed by atoms with van der Waals surface area (Å²) in [5.74, 6) is -6.04. The van der Waals surface area contributed by atoms with Gasteiger partial charge in [-0.05, 0) is 51.2 Å². The number of ether oxygens (including phenoxy) is 2. The van der Waals surface area contributed by atoms with Crippen LogP contribution in [0.1, 0.15) is 57.9 Å². The van der Waals surface area contributed by atoms with Gasteiger partial charge >= 0.3 is 0 Å². The second-order valence-electron chi connectivity index (χ2n) is 7.65. The lowest BCUT2D eigenvalue weighted by atomic mass is 9.54. The van der Waals surface area contributed by atoms with E-state index in [0.29, 0.717) is 6.42 Å². The summed E-state index contributed by atoms with van der Waals surface area (Å²) in [6, 6.07) is 2.53. The second-order valence-corrected chi connectivity index (χ2v) is 7.65. The van der Waals surface area contributed by atoms with Crippen molar-refractivity contribution in [2.75, 3.05) is 6.61 Å². The van der Waals surface area contributed by atoms with Crippen molar-refractivity contribution < 1.29 is 31.4 Å². The van der Waals surface area contributed by atoms with Crippen LogP contribution in [0.5, 0.6) is 5.75 Å². The molecule has 0 radical (unpaired) electrons. The first kappa shape index (κ1) is 20.4. The van der Waals surface area contributed by atoms with Crippen molar-refractivity contribution in [2.24, 2.45) is 5.41 Å². The zero-order valence-corrected chi connectivity index (χ0v) is 15.6. The van der Waals surface area contributed by atoms with E-state index in [0.717, 1.165) is 0 Å². The molecular weight excluding hydrogens is 367 g/mol. The monoisotopic (exact) mass is 392 g/mol. The van der Waals surface area contributed by atoms with Crippen LogP contribution in [0.4, 0.5) is 22.0 Å². The quantitative estimate of drug-likeness (QED) is 0.533. The van der Waals surface area contributed by atoms with E-state index in [1.54, 1.807) is 6.92 Å². The zero-order valence-electron chi connectivity index (χ0n) is 15.6. The Hall–Kier alpha value is -1.37. The van der Waals surface area contributed by atoms with Gasteiger partial charge in [0.2, 0.25) is 5.82 Å². The molecule has 3 aliphatic rings. The Kier molecular flexibility index (Phi) is 5.45. The normalized spacial score (nSPS) is 31.9.